The number of methoxy groups -OCH3 is 1. The van der Waals surface area contributed by atoms with Gasteiger partial charge in [-0.3, -0.25) is 4.79 Å². The number of rotatable bonds is 5. The van der Waals surface area contributed by atoms with Gasteiger partial charge in [0.25, 0.3) is 0 Å². The lowest BCUT2D eigenvalue weighted by Gasteiger charge is -2.11. The zero-order chi connectivity index (χ0) is 14.5. The van der Waals surface area contributed by atoms with Crippen molar-refractivity contribution in [2.75, 3.05) is 7.11 Å². The van der Waals surface area contributed by atoms with Crippen LogP contribution in [0.15, 0.2) is 36.4 Å². The van der Waals surface area contributed by atoms with E-state index in [1.54, 1.807) is 30.3 Å². The molecule has 20 heavy (non-hydrogen) atoms. The van der Waals surface area contributed by atoms with Gasteiger partial charge in [-0.15, -0.1) is 0 Å². The van der Waals surface area contributed by atoms with E-state index in [0.717, 1.165) is 0 Å². The van der Waals surface area contributed by atoms with Gasteiger partial charge in [-0.25, -0.2) is 4.39 Å². The van der Waals surface area contributed by atoms with E-state index in [-0.39, 0.29) is 11.6 Å². The van der Waals surface area contributed by atoms with E-state index in [2.05, 4.69) is 0 Å². The molecule has 0 heterocycles. The van der Waals surface area contributed by atoms with Crippen LogP contribution in [0, 0.1) is 5.82 Å². The van der Waals surface area contributed by atoms with Gasteiger partial charge in [0.1, 0.15) is 23.9 Å². The van der Waals surface area contributed by atoms with Crippen LogP contribution in [0.1, 0.15) is 15.9 Å². The summed E-state index contributed by atoms with van der Waals surface area (Å²) in [5.74, 6) is 0.421. The molecule has 0 fully saturated rings. The van der Waals surface area contributed by atoms with Crippen LogP contribution >= 0.6 is 11.6 Å². The van der Waals surface area contributed by atoms with Crippen molar-refractivity contribution in [2.45, 2.75) is 6.61 Å². The number of ether oxygens (including phenoxy) is 2. The molecule has 2 aromatic rings. The predicted molar refractivity (Wildman–Crippen MR) is 74.1 cm³/mol. The summed E-state index contributed by atoms with van der Waals surface area (Å²) in [4.78, 5) is 11.0. The van der Waals surface area contributed by atoms with Crippen LogP contribution in [0.3, 0.4) is 0 Å². The second-order valence-electron chi connectivity index (χ2n) is 4.02. The first-order valence-corrected chi connectivity index (χ1v) is 6.22. The Labute approximate surface area is 120 Å². The maximum atomic E-state index is 13.3. The first kappa shape index (κ1) is 14.3. The lowest BCUT2D eigenvalue weighted by atomic mass is 10.2. The van der Waals surface area contributed by atoms with Crippen LogP contribution in [0.2, 0.25) is 5.02 Å². The number of carbonyl (C=O) groups is 1. The molecule has 0 aromatic heterocycles. The van der Waals surface area contributed by atoms with Crippen molar-refractivity contribution in [1.29, 1.82) is 0 Å². The van der Waals surface area contributed by atoms with Gasteiger partial charge < -0.3 is 9.47 Å². The third kappa shape index (κ3) is 3.08. The highest BCUT2D eigenvalue weighted by Gasteiger charge is 2.09. The summed E-state index contributed by atoms with van der Waals surface area (Å²) in [6.45, 7) is 0.0601. The van der Waals surface area contributed by atoms with E-state index in [1.165, 1.54) is 13.2 Å². The van der Waals surface area contributed by atoms with Crippen molar-refractivity contribution < 1.29 is 18.7 Å². The molecule has 2 rings (SSSR count). The van der Waals surface area contributed by atoms with Gasteiger partial charge in [0.05, 0.1) is 17.7 Å². The number of aldehydes is 1. The lowest BCUT2D eigenvalue weighted by Crippen LogP contribution is -2.00. The lowest BCUT2D eigenvalue weighted by molar-refractivity contribution is 0.111. The molecule has 0 aliphatic heterocycles. The molecule has 0 radical (unpaired) electrons. The molecule has 5 heteroatoms. The summed E-state index contributed by atoms with van der Waals surface area (Å²) in [5, 5.41) is 0.0167. The van der Waals surface area contributed by atoms with E-state index in [0.29, 0.717) is 28.9 Å². The molecule has 0 saturated heterocycles. The van der Waals surface area contributed by atoms with Crippen LogP contribution in [0.25, 0.3) is 0 Å². The van der Waals surface area contributed by atoms with Gasteiger partial charge in [-0.2, -0.15) is 0 Å². The molecule has 0 amide bonds. The summed E-state index contributed by atoms with van der Waals surface area (Å²) in [7, 11) is 1.52. The van der Waals surface area contributed by atoms with Gasteiger partial charge in [0.15, 0.2) is 6.29 Å². The minimum atomic E-state index is -0.506. The number of hydrogen-bond acceptors (Lipinski definition) is 3. The molecule has 104 valence electrons. The highest BCUT2D eigenvalue weighted by molar-refractivity contribution is 6.31. The van der Waals surface area contributed by atoms with Crippen LogP contribution in [-0.2, 0) is 6.61 Å². The Morgan fingerprint density at radius 2 is 2.10 bits per heavy atom. The quantitative estimate of drug-likeness (QED) is 0.785. The number of halogens is 2. The molecule has 0 aliphatic carbocycles. The monoisotopic (exact) mass is 294 g/mol. The molecule has 0 aliphatic rings. The van der Waals surface area contributed by atoms with E-state index in [9.17, 15) is 9.18 Å². The topological polar surface area (TPSA) is 35.5 Å². The van der Waals surface area contributed by atoms with Crippen molar-refractivity contribution in [3.05, 3.63) is 58.4 Å². The average molecular weight is 295 g/mol. The number of hydrogen-bond donors (Lipinski definition) is 0. The summed E-state index contributed by atoms with van der Waals surface area (Å²) < 4.78 is 23.9. The van der Waals surface area contributed by atoms with E-state index in [4.69, 9.17) is 21.1 Å². The van der Waals surface area contributed by atoms with Gasteiger partial charge in [0, 0.05) is 11.6 Å². The second kappa shape index (κ2) is 6.39. The summed E-state index contributed by atoms with van der Waals surface area (Å²) in [6.07, 6.45) is 0.682. The molecule has 0 spiro atoms. The smallest absolute Gasteiger partial charge is 0.153 e. The molecule has 0 unspecified atom stereocenters. The normalized spacial score (nSPS) is 10.2. The summed E-state index contributed by atoms with van der Waals surface area (Å²) >= 11 is 5.84. The Bertz CT molecular complexity index is 629. The molecule has 0 bridgehead atoms. The molecular formula is C15H12ClFO3. The Hall–Kier alpha value is -2.07. The minimum Gasteiger partial charge on any atom is -0.497 e. The van der Waals surface area contributed by atoms with Crippen molar-refractivity contribution in [3.8, 4) is 11.5 Å². The largest absolute Gasteiger partial charge is 0.497 e. The van der Waals surface area contributed by atoms with Gasteiger partial charge in [-0.1, -0.05) is 23.7 Å². The Morgan fingerprint density at radius 3 is 2.80 bits per heavy atom. The zero-order valence-electron chi connectivity index (χ0n) is 10.7. The van der Waals surface area contributed by atoms with E-state index < -0.39 is 5.82 Å². The first-order valence-electron chi connectivity index (χ1n) is 5.84. The van der Waals surface area contributed by atoms with Gasteiger partial charge in [0.2, 0.25) is 0 Å². The third-order valence-corrected chi connectivity index (χ3v) is 3.19. The Balaban J connectivity index is 2.21. The fourth-order valence-corrected chi connectivity index (χ4v) is 1.86. The highest BCUT2D eigenvalue weighted by Crippen LogP contribution is 2.26. The maximum Gasteiger partial charge on any atom is 0.153 e. The van der Waals surface area contributed by atoms with E-state index >= 15 is 0 Å². The molecular weight excluding hydrogens is 283 g/mol. The van der Waals surface area contributed by atoms with E-state index in [1.807, 2.05) is 0 Å². The summed E-state index contributed by atoms with van der Waals surface area (Å²) in [5.41, 5.74) is 0.893. The Kier molecular flexibility index (Phi) is 4.58. The molecule has 0 atom stereocenters. The van der Waals surface area contributed by atoms with Crippen LogP contribution in [0.5, 0.6) is 11.5 Å². The molecule has 0 N–H and O–H groups in total. The number of carbonyl (C=O) groups excluding carboxylic acids is 1. The number of benzene rings is 2. The van der Waals surface area contributed by atoms with Crippen LogP contribution < -0.4 is 9.47 Å². The van der Waals surface area contributed by atoms with Gasteiger partial charge >= 0.3 is 0 Å². The SMILES string of the molecule is COc1ccc(C=O)c(OCc2cccc(F)c2Cl)c1. The second-order valence-corrected chi connectivity index (χ2v) is 4.40. The van der Waals surface area contributed by atoms with Crippen molar-refractivity contribution >= 4 is 17.9 Å². The van der Waals surface area contributed by atoms with Crippen LogP contribution in [-0.4, -0.2) is 13.4 Å². The third-order valence-electron chi connectivity index (χ3n) is 2.76. The molecule has 0 saturated carbocycles. The fraction of sp³-hybridized carbons (Fsp3) is 0.133. The van der Waals surface area contributed by atoms with Crippen molar-refractivity contribution in [2.24, 2.45) is 0 Å². The van der Waals surface area contributed by atoms with Gasteiger partial charge in [-0.05, 0) is 18.2 Å². The van der Waals surface area contributed by atoms with Crippen molar-refractivity contribution in [3.63, 3.8) is 0 Å². The van der Waals surface area contributed by atoms with Crippen LogP contribution in [0.4, 0.5) is 4.39 Å². The van der Waals surface area contributed by atoms with Crippen molar-refractivity contribution in [1.82, 2.24) is 0 Å². The fourth-order valence-electron chi connectivity index (χ4n) is 1.68. The standard InChI is InChI=1S/C15H12ClFO3/c1-19-12-6-5-10(8-18)14(7-12)20-9-11-3-2-4-13(17)15(11)16/h2-8H,9H2,1H3. The Morgan fingerprint density at radius 1 is 1.30 bits per heavy atom. The first-order chi connectivity index (χ1) is 9.65. The summed E-state index contributed by atoms with van der Waals surface area (Å²) in [6, 6.07) is 9.32. The minimum absolute atomic E-state index is 0.0167. The molecule has 2 aromatic carbocycles. The predicted octanol–water partition coefficient (Wildman–Crippen LogP) is 3.88. The average Bonchev–Trinajstić information content (AvgIpc) is 2.48. The highest BCUT2D eigenvalue weighted by atomic mass is 35.5. The maximum absolute atomic E-state index is 13.3. The zero-order valence-corrected chi connectivity index (χ0v) is 11.5. The molecule has 3 nitrogen and oxygen atoms in total.